The summed E-state index contributed by atoms with van der Waals surface area (Å²) in [6.07, 6.45) is 3.43. The zero-order chi connectivity index (χ0) is 18.8. The second kappa shape index (κ2) is 13.2. The van der Waals surface area contributed by atoms with Crippen LogP contribution >= 0.6 is 24.0 Å². The lowest BCUT2D eigenvalue weighted by Gasteiger charge is -2.38. The van der Waals surface area contributed by atoms with E-state index in [9.17, 15) is 0 Å². The number of guanidine groups is 1. The van der Waals surface area contributed by atoms with Crippen molar-refractivity contribution in [3.05, 3.63) is 29.3 Å². The van der Waals surface area contributed by atoms with Crippen molar-refractivity contribution in [2.45, 2.75) is 40.0 Å². The van der Waals surface area contributed by atoms with Gasteiger partial charge < -0.3 is 19.9 Å². The number of aryl methyl sites for hydroxylation is 1. The van der Waals surface area contributed by atoms with E-state index in [4.69, 9.17) is 9.73 Å². The van der Waals surface area contributed by atoms with E-state index in [0.717, 1.165) is 64.7 Å². The van der Waals surface area contributed by atoms with Crippen molar-refractivity contribution in [1.82, 2.24) is 10.2 Å². The Balaban J connectivity index is 0.00000364. The second-order valence-electron chi connectivity index (χ2n) is 6.98. The van der Waals surface area contributed by atoms with Gasteiger partial charge in [-0.25, -0.2) is 0 Å². The van der Waals surface area contributed by atoms with E-state index in [-0.39, 0.29) is 24.0 Å². The summed E-state index contributed by atoms with van der Waals surface area (Å²) in [5.41, 5.74) is 4.15. The molecule has 1 aromatic carbocycles. The van der Waals surface area contributed by atoms with Gasteiger partial charge in [0.15, 0.2) is 5.96 Å². The van der Waals surface area contributed by atoms with E-state index in [1.54, 1.807) is 7.11 Å². The molecule has 0 bridgehead atoms. The molecule has 0 saturated carbocycles. The van der Waals surface area contributed by atoms with Crippen LogP contribution in [0.25, 0.3) is 0 Å². The highest BCUT2D eigenvalue weighted by atomic mass is 127. The average molecular weight is 488 g/mol. The fourth-order valence-corrected chi connectivity index (χ4v) is 3.38. The predicted octanol–water partition coefficient (Wildman–Crippen LogP) is 3.83. The van der Waals surface area contributed by atoms with Gasteiger partial charge >= 0.3 is 0 Å². The molecule has 27 heavy (non-hydrogen) atoms. The van der Waals surface area contributed by atoms with Gasteiger partial charge in [0.05, 0.1) is 0 Å². The van der Waals surface area contributed by atoms with Crippen LogP contribution in [0.15, 0.2) is 23.2 Å². The maximum absolute atomic E-state index is 5.10. The van der Waals surface area contributed by atoms with Crippen molar-refractivity contribution < 1.29 is 4.74 Å². The zero-order valence-electron chi connectivity index (χ0n) is 17.5. The number of halogens is 1. The van der Waals surface area contributed by atoms with Crippen LogP contribution in [0, 0.1) is 13.8 Å². The fraction of sp³-hybridized carbons (Fsp3) is 0.667. The van der Waals surface area contributed by atoms with Crippen LogP contribution in [-0.4, -0.2) is 63.8 Å². The number of methoxy groups -OCH3 is 1. The van der Waals surface area contributed by atoms with E-state index in [0.29, 0.717) is 0 Å². The average Bonchev–Trinajstić information content (AvgIpc) is 2.66. The molecule has 5 nitrogen and oxygen atoms in total. The maximum atomic E-state index is 5.10. The van der Waals surface area contributed by atoms with Gasteiger partial charge in [0.2, 0.25) is 0 Å². The first-order valence-corrected chi connectivity index (χ1v) is 10.0. The molecule has 1 N–H and O–H groups in total. The minimum atomic E-state index is 0. The molecule has 1 aromatic rings. The summed E-state index contributed by atoms with van der Waals surface area (Å²) in [7, 11) is 1.76. The number of ether oxygens (including phenoxy) is 1. The van der Waals surface area contributed by atoms with Crippen molar-refractivity contribution in [3.63, 3.8) is 0 Å². The van der Waals surface area contributed by atoms with E-state index in [2.05, 4.69) is 54.1 Å². The van der Waals surface area contributed by atoms with Crippen molar-refractivity contribution in [1.29, 1.82) is 0 Å². The Bertz CT molecular complexity index is 571. The van der Waals surface area contributed by atoms with Gasteiger partial charge in [0, 0.05) is 58.7 Å². The van der Waals surface area contributed by atoms with Gasteiger partial charge in [-0.3, -0.25) is 4.99 Å². The van der Waals surface area contributed by atoms with Gasteiger partial charge in [0.25, 0.3) is 0 Å². The number of rotatable bonds is 8. The Morgan fingerprint density at radius 2 is 1.85 bits per heavy atom. The SMILES string of the molecule is CCNC(=NCCCCCOC)N1CCN(c2cccc(C)c2C)CC1.I. The topological polar surface area (TPSA) is 40.1 Å². The summed E-state index contributed by atoms with van der Waals surface area (Å²) < 4.78 is 5.10. The lowest BCUT2D eigenvalue weighted by molar-refractivity contribution is 0.192. The smallest absolute Gasteiger partial charge is 0.194 e. The van der Waals surface area contributed by atoms with Crippen LogP contribution < -0.4 is 10.2 Å². The molecule has 6 heteroatoms. The lowest BCUT2D eigenvalue weighted by Crippen LogP contribution is -2.52. The second-order valence-corrected chi connectivity index (χ2v) is 6.98. The molecular weight excluding hydrogens is 451 g/mol. The minimum absolute atomic E-state index is 0. The Morgan fingerprint density at radius 3 is 2.52 bits per heavy atom. The Hall–Kier alpha value is -1.02. The molecule has 0 aromatic heterocycles. The third kappa shape index (κ3) is 7.49. The highest BCUT2D eigenvalue weighted by molar-refractivity contribution is 14.0. The third-order valence-electron chi connectivity index (χ3n) is 5.10. The largest absolute Gasteiger partial charge is 0.385 e. The Kier molecular flexibility index (Phi) is 11.7. The van der Waals surface area contributed by atoms with Gasteiger partial charge in [-0.2, -0.15) is 0 Å². The highest BCUT2D eigenvalue weighted by Gasteiger charge is 2.20. The number of nitrogens with zero attached hydrogens (tertiary/aromatic N) is 3. The normalized spacial score (nSPS) is 14.9. The summed E-state index contributed by atoms with van der Waals surface area (Å²) in [5, 5.41) is 3.46. The van der Waals surface area contributed by atoms with Crippen molar-refractivity contribution in [2.75, 3.05) is 57.9 Å². The molecular formula is C21H37IN4O. The Morgan fingerprint density at radius 1 is 1.11 bits per heavy atom. The first-order valence-electron chi connectivity index (χ1n) is 10.0. The predicted molar refractivity (Wildman–Crippen MR) is 127 cm³/mol. The molecule has 0 spiro atoms. The molecule has 0 radical (unpaired) electrons. The molecule has 1 aliphatic rings. The van der Waals surface area contributed by atoms with Crippen LogP contribution in [0.2, 0.25) is 0 Å². The molecule has 1 heterocycles. The number of hydrogen-bond donors (Lipinski definition) is 1. The van der Waals surface area contributed by atoms with Crippen molar-refractivity contribution in [2.24, 2.45) is 4.99 Å². The molecule has 1 fully saturated rings. The first-order chi connectivity index (χ1) is 12.7. The minimum Gasteiger partial charge on any atom is -0.385 e. The standard InChI is InChI=1S/C21H36N4O.HI/c1-5-22-21(23-12-7-6-8-17-26-4)25-15-13-24(14-16-25)20-11-9-10-18(2)19(20)3;/h9-11H,5-8,12-17H2,1-4H3,(H,22,23);1H. The number of benzene rings is 1. The van der Waals surface area contributed by atoms with Crippen molar-refractivity contribution in [3.8, 4) is 0 Å². The van der Waals surface area contributed by atoms with Crippen LogP contribution in [0.1, 0.15) is 37.3 Å². The third-order valence-corrected chi connectivity index (χ3v) is 5.10. The van der Waals surface area contributed by atoms with Gasteiger partial charge in [-0.15, -0.1) is 24.0 Å². The van der Waals surface area contributed by atoms with Crippen LogP contribution in [0.4, 0.5) is 5.69 Å². The lowest BCUT2D eigenvalue weighted by atomic mass is 10.1. The van der Waals surface area contributed by atoms with E-state index in [1.807, 2.05) is 0 Å². The van der Waals surface area contributed by atoms with Crippen molar-refractivity contribution >= 4 is 35.6 Å². The van der Waals surface area contributed by atoms with Gasteiger partial charge in [-0.05, 0) is 57.2 Å². The number of piperazine rings is 1. The number of aliphatic imine (C=N–C) groups is 1. The van der Waals surface area contributed by atoms with Crippen LogP contribution in [0.5, 0.6) is 0 Å². The molecule has 0 aliphatic carbocycles. The summed E-state index contributed by atoms with van der Waals surface area (Å²) in [5.74, 6) is 1.07. The number of hydrogen-bond acceptors (Lipinski definition) is 3. The maximum Gasteiger partial charge on any atom is 0.194 e. The van der Waals surface area contributed by atoms with E-state index >= 15 is 0 Å². The van der Waals surface area contributed by atoms with Crippen LogP contribution in [0.3, 0.4) is 0 Å². The molecule has 0 amide bonds. The number of unbranched alkanes of at least 4 members (excludes halogenated alkanes) is 2. The van der Waals surface area contributed by atoms with E-state index in [1.165, 1.54) is 23.2 Å². The van der Waals surface area contributed by atoms with Gasteiger partial charge in [0.1, 0.15) is 0 Å². The molecule has 2 rings (SSSR count). The molecule has 0 unspecified atom stereocenters. The molecule has 0 atom stereocenters. The van der Waals surface area contributed by atoms with Gasteiger partial charge in [-0.1, -0.05) is 12.1 Å². The number of anilines is 1. The van der Waals surface area contributed by atoms with E-state index < -0.39 is 0 Å². The summed E-state index contributed by atoms with van der Waals surface area (Å²) >= 11 is 0. The monoisotopic (exact) mass is 488 g/mol. The summed E-state index contributed by atoms with van der Waals surface area (Å²) in [6.45, 7) is 13.3. The fourth-order valence-electron chi connectivity index (χ4n) is 3.38. The highest BCUT2D eigenvalue weighted by Crippen LogP contribution is 2.23. The Labute approximate surface area is 182 Å². The quantitative estimate of drug-likeness (QED) is 0.262. The molecule has 154 valence electrons. The summed E-state index contributed by atoms with van der Waals surface area (Å²) in [6, 6.07) is 6.61. The molecule has 1 aliphatic heterocycles. The number of nitrogens with one attached hydrogen (secondary N) is 1. The first kappa shape index (κ1) is 24.0. The van der Waals surface area contributed by atoms with Crippen LogP contribution in [-0.2, 0) is 4.74 Å². The molecule has 1 saturated heterocycles. The summed E-state index contributed by atoms with van der Waals surface area (Å²) in [4.78, 5) is 9.75. The zero-order valence-corrected chi connectivity index (χ0v) is 19.8.